The number of para-hydroxylation sites is 1. The number of fused-ring (bicyclic) bond motifs is 6. The predicted octanol–water partition coefficient (Wildman–Crippen LogP) is 9.55. The Kier molecular flexibility index (Phi) is 20.7. The van der Waals surface area contributed by atoms with Crippen LogP contribution in [0.15, 0.2) is 102 Å². The van der Waals surface area contributed by atoms with Crippen LogP contribution in [-0.4, -0.2) is 146 Å². The number of aliphatic imine (C=N–C) groups is 1. The first-order chi connectivity index (χ1) is 47.7. The van der Waals surface area contributed by atoms with Crippen LogP contribution in [0.25, 0.3) is 0 Å². The smallest absolute Gasteiger partial charge is 0.416 e. The van der Waals surface area contributed by atoms with Gasteiger partial charge < -0.3 is 54.1 Å². The van der Waals surface area contributed by atoms with Crippen molar-refractivity contribution in [2.45, 2.75) is 155 Å². The maximum Gasteiger partial charge on any atom is 0.416 e. The molecule has 0 radical (unpaired) electrons. The number of carbonyl (C=O) groups excluding carboxylic acids is 9. The molecular formula is C77H85N7O15. The number of nitrogens with one attached hydrogen (secondary N) is 2. The largest absolute Gasteiger partial charge is 0.493 e. The summed E-state index contributed by atoms with van der Waals surface area (Å²) in [4.78, 5) is 133. The Balaban J connectivity index is 0.590. The van der Waals surface area contributed by atoms with Crippen LogP contribution in [0.5, 0.6) is 23.0 Å². The van der Waals surface area contributed by atoms with Gasteiger partial charge in [0.25, 0.3) is 11.8 Å². The molecule has 2 saturated heterocycles. The summed E-state index contributed by atoms with van der Waals surface area (Å²) >= 11 is 0. The van der Waals surface area contributed by atoms with Crippen molar-refractivity contribution in [1.29, 1.82) is 0 Å². The first-order valence-corrected chi connectivity index (χ1v) is 34.4. The van der Waals surface area contributed by atoms with E-state index in [2.05, 4.69) is 22.5 Å². The van der Waals surface area contributed by atoms with Crippen LogP contribution in [0, 0.1) is 34.5 Å². The minimum absolute atomic E-state index is 0.0121. The van der Waals surface area contributed by atoms with Crippen LogP contribution in [-0.2, 0) is 53.1 Å². The third-order valence-electron chi connectivity index (χ3n) is 20.4. The number of benzene rings is 5. The van der Waals surface area contributed by atoms with Crippen molar-refractivity contribution >= 4 is 76.3 Å². The molecule has 5 aromatic rings. The minimum Gasteiger partial charge on any atom is -0.493 e. The highest BCUT2D eigenvalue weighted by atomic mass is 16.6. The lowest BCUT2D eigenvalue weighted by molar-refractivity contribution is -0.133. The van der Waals surface area contributed by atoms with Crippen molar-refractivity contribution in [3.63, 3.8) is 0 Å². The Bertz CT molecular complexity index is 4090. The molecule has 22 heteroatoms. The number of ketones is 3. The third kappa shape index (κ3) is 15.7. The van der Waals surface area contributed by atoms with Crippen LogP contribution >= 0.6 is 0 Å². The van der Waals surface area contributed by atoms with Crippen molar-refractivity contribution in [3.8, 4) is 34.8 Å². The average molecular weight is 1350 g/mol. The summed E-state index contributed by atoms with van der Waals surface area (Å²) in [7, 11) is 3.02. The van der Waals surface area contributed by atoms with Crippen LogP contribution < -0.4 is 39.4 Å². The van der Waals surface area contributed by atoms with Gasteiger partial charge in [-0.1, -0.05) is 80.3 Å². The molecule has 2 aliphatic carbocycles. The lowest BCUT2D eigenvalue weighted by Gasteiger charge is -2.31. The zero-order valence-electron chi connectivity index (χ0n) is 56.7. The summed E-state index contributed by atoms with van der Waals surface area (Å²) in [6, 6.07) is 26.7. The van der Waals surface area contributed by atoms with Gasteiger partial charge in [0.15, 0.2) is 40.8 Å². The number of aliphatic hydroxyl groups is 1. The number of anilines is 2. The van der Waals surface area contributed by atoms with E-state index in [0.29, 0.717) is 90.5 Å². The first kappa shape index (κ1) is 69.0. The number of ether oxygens (including phenoxy) is 5. The monoisotopic (exact) mass is 1350 g/mol. The number of hydrogen-bond donors (Lipinski definition) is 3. The molecule has 5 atom stereocenters. The molecule has 12 rings (SSSR count). The number of nitrogens with zero attached hydrogens (tertiary/aromatic N) is 5. The zero-order chi connectivity index (χ0) is 69.7. The van der Waals surface area contributed by atoms with E-state index in [-0.39, 0.29) is 133 Å². The highest BCUT2D eigenvalue weighted by Crippen LogP contribution is 2.58. The second-order valence-electron chi connectivity index (χ2n) is 27.8. The van der Waals surface area contributed by atoms with Crippen molar-refractivity contribution in [3.05, 3.63) is 136 Å². The highest BCUT2D eigenvalue weighted by molar-refractivity contribution is 6.07. The van der Waals surface area contributed by atoms with Gasteiger partial charge in [0.05, 0.1) is 86.8 Å². The molecule has 518 valence electrons. The molecule has 99 heavy (non-hydrogen) atoms. The van der Waals surface area contributed by atoms with Crippen molar-refractivity contribution < 1.29 is 71.9 Å². The number of Topliss-reactive ketones (excluding diaryl/α,β-unsaturated/α-hetero) is 3. The molecular weight excluding hydrogens is 1260 g/mol. The van der Waals surface area contributed by atoms with Crippen molar-refractivity contribution in [1.82, 2.24) is 20.4 Å². The normalized spacial score (nSPS) is 19.0. The summed E-state index contributed by atoms with van der Waals surface area (Å²) in [6.07, 6.45) is 6.42. The Hall–Kier alpha value is -9.88. The Labute approximate surface area is 576 Å². The highest BCUT2D eigenvalue weighted by Gasteiger charge is 2.58. The Morgan fingerprint density at radius 2 is 1.30 bits per heavy atom. The van der Waals surface area contributed by atoms with Crippen LogP contribution in [0.2, 0.25) is 0 Å². The maximum absolute atomic E-state index is 14.5. The van der Waals surface area contributed by atoms with Gasteiger partial charge in [-0.25, -0.2) is 9.69 Å². The molecule has 7 aliphatic rings. The summed E-state index contributed by atoms with van der Waals surface area (Å²) in [5.74, 6) is 4.12. The maximum atomic E-state index is 14.5. The molecule has 2 saturated carbocycles. The quantitative estimate of drug-likeness (QED) is 0.0311. The van der Waals surface area contributed by atoms with Gasteiger partial charge in [-0.15, -0.1) is 0 Å². The lowest BCUT2D eigenvalue weighted by atomic mass is 9.89. The molecule has 5 heterocycles. The van der Waals surface area contributed by atoms with E-state index in [1.807, 2.05) is 59.6 Å². The number of aliphatic hydroxyl groups excluding tert-OH is 1. The molecule has 5 aromatic carbocycles. The van der Waals surface area contributed by atoms with E-state index >= 15 is 0 Å². The molecule has 2 spiro atoms. The fourth-order valence-electron chi connectivity index (χ4n) is 14.1. The van der Waals surface area contributed by atoms with Gasteiger partial charge in [-0.3, -0.25) is 43.3 Å². The van der Waals surface area contributed by atoms with Gasteiger partial charge in [0, 0.05) is 87.0 Å². The van der Waals surface area contributed by atoms with E-state index in [1.165, 1.54) is 13.2 Å². The number of unbranched alkanes of at least 4 members (excludes halogenated alkanes) is 2. The van der Waals surface area contributed by atoms with Gasteiger partial charge in [0.2, 0.25) is 17.7 Å². The summed E-state index contributed by atoms with van der Waals surface area (Å²) in [5.41, 5.74) is 5.71. The number of carbonyl (C=O) groups is 9. The molecule has 1 unspecified atom stereocenters. The zero-order valence-corrected chi connectivity index (χ0v) is 56.7. The molecule has 3 N–H and O–H groups in total. The topological polar surface area (TPSA) is 269 Å². The van der Waals surface area contributed by atoms with Crippen LogP contribution in [0.3, 0.4) is 0 Å². The molecule has 6 amide bonds. The van der Waals surface area contributed by atoms with Crippen molar-refractivity contribution in [2.75, 3.05) is 56.9 Å². The molecule has 4 fully saturated rings. The van der Waals surface area contributed by atoms with E-state index < -0.39 is 47.9 Å². The number of hydrogen-bond acceptors (Lipinski definition) is 16. The molecule has 0 bridgehead atoms. The Morgan fingerprint density at radius 3 is 2.01 bits per heavy atom. The number of methoxy groups -OCH3 is 2. The van der Waals surface area contributed by atoms with Crippen molar-refractivity contribution in [2.24, 2.45) is 27.7 Å². The fourth-order valence-corrected chi connectivity index (χ4v) is 14.1. The van der Waals surface area contributed by atoms with Gasteiger partial charge in [0.1, 0.15) is 12.4 Å². The second-order valence-corrected chi connectivity index (χ2v) is 27.8. The number of rotatable bonds is 28. The van der Waals surface area contributed by atoms with Gasteiger partial charge in [-0.05, 0) is 128 Å². The lowest BCUT2D eigenvalue weighted by Crippen LogP contribution is -2.50. The fraction of sp³-hybridized carbons (Fsp3) is 0.455. The molecule has 22 nitrogen and oxygen atoms in total. The number of amides is 6. The summed E-state index contributed by atoms with van der Waals surface area (Å²) in [5, 5.41) is 17.5. The average Bonchev–Trinajstić information content (AvgIpc) is 1.58. The standard InChI is InChI=1S/C77H85N7O15/c1-47(2)57(34-56(86)42-79-69(88)25-23-55(85)24-26-70(89)81-43-53-15-8-7-13-51(53)21-22-52-14-9-10-16-61(52)81)71(90)80-48(3)64(87)33-49-17-19-50(20-18-49)44-99-75(94)84-62-38-68(66(96-5)36-59(62)73(92)83-46-77(29-30-77)40-63(83)74(84)93)98-32-12-6-11-31-97-67-37-60-58(35-65(67)95-4)72(91)82-45-76(27-28-76)39-54(82)41-78-60/h7-10,13-20,35-38,41,47-48,54,57,63,74,93H,6,11-12,23-34,39-40,42-46H2,1-5H3,(H,79,88)(H,80,90)/t48-,54-,57-,63-,74?/m0/s1. The van der Waals surface area contributed by atoms with E-state index in [0.717, 1.165) is 54.7 Å². The summed E-state index contributed by atoms with van der Waals surface area (Å²) in [6.45, 7) is 6.67. The second kappa shape index (κ2) is 29.7. The van der Waals surface area contributed by atoms with E-state index in [9.17, 15) is 48.3 Å². The van der Waals surface area contributed by atoms with E-state index in [4.69, 9.17) is 28.7 Å². The minimum atomic E-state index is -1.45. The predicted molar refractivity (Wildman–Crippen MR) is 367 cm³/mol. The molecule has 0 aromatic heterocycles. The van der Waals surface area contributed by atoms with Crippen LogP contribution in [0.4, 0.5) is 21.9 Å². The van der Waals surface area contributed by atoms with E-state index in [1.54, 1.807) is 80.1 Å². The summed E-state index contributed by atoms with van der Waals surface area (Å²) < 4.78 is 29.8. The van der Waals surface area contributed by atoms with Crippen LogP contribution in [0.1, 0.15) is 159 Å². The third-order valence-corrected chi connectivity index (χ3v) is 20.4. The molecule has 5 aliphatic heterocycles. The van der Waals surface area contributed by atoms with Gasteiger partial charge in [-0.2, -0.15) is 0 Å². The SMILES string of the molecule is COc1cc2c(cc1OCCCCCOc1cc3c(cc1OC)C(=O)N1CC4(CC4)C[C@H]1C(O)N3C(=O)OCc1ccc(CC(=O)[C@H](C)NC(=O)[C@@H](CC(=O)CNC(=O)CCC(=O)CCC(=O)N3Cc4ccccc4C#Cc4ccccc43)C(C)C)cc1)N=C[C@@H]1CC3(CC3)CN1C2=O. The van der Waals surface area contributed by atoms with Gasteiger partial charge >= 0.3 is 6.09 Å². The first-order valence-electron chi connectivity index (χ1n) is 34.4. The Morgan fingerprint density at radius 1 is 0.677 bits per heavy atom.